The van der Waals surface area contributed by atoms with Crippen molar-refractivity contribution in [1.29, 1.82) is 0 Å². The molecule has 1 aromatic rings. The van der Waals surface area contributed by atoms with Gasteiger partial charge in [-0.1, -0.05) is 29.8 Å². The summed E-state index contributed by atoms with van der Waals surface area (Å²) in [6.45, 7) is 6.87. The lowest BCUT2D eigenvalue weighted by Crippen LogP contribution is -2.45. The van der Waals surface area contributed by atoms with E-state index in [0.29, 0.717) is 12.5 Å². The van der Waals surface area contributed by atoms with E-state index in [0.717, 1.165) is 23.4 Å². The number of nitrogens with one attached hydrogen (secondary N) is 1. The van der Waals surface area contributed by atoms with Crippen LogP contribution < -0.4 is 11.1 Å². The molecule has 0 atom stereocenters. The number of guanidine groups is 1. The van der Waals surface area contributed by atoms with E-state index in [-0.39, 0.29) is 29.5 Å². The molecule has 3 nitrogen and oxygen atoms in total. The maximum atomic E-state index is 6.08. The van der Waals surface area contributed by atoms with Gasteiger partial charge in [0.1, 0.15) is 0 Å². The van der Waals surface area contributed by atoms with Gasteiger partial charge in [-0.25, -0.2) is 0 Å². The Bertz CT molecular complexity index is 413. The minimum atomic E-state index is -0.0453. The van der Waals surface area contributed by atoms with E-state index in [2.05, 4.69) is 31.1 Å². The Labute approximate surface area is 138 Å². The van der Waals surface area contributed by atoms with Gasteiger partial charge < -0.3 is 11.1 Å². The number of hydrogen-bond acceptors (Lipinski definition) is 1. The van der Waals surface area contributed by atoms with Gasteiger partial charge in [0.2, 0.25) is 0 Å². The number of rotatable bonds is 4. The van der Waals surface area contributed by atoms with Crippen molar-refractivity contribution in [3.8, 4) is 0 Å². The maximum absolute atomic E-state index is 6.08. The van der Waals surface area contributed by atoms with Gasteiger partial charge in [0.25, 0.3) is 0 Å². The quantitative estimate of drug-likeness (QED) is 0.354. The Morgan fingerprint density at radius 3 is 2.53 bits per heavy atom. The van der Waals surface area contributed by atoms with Crippen LogP contribution in [-0.4, -0.2) is 18.0 Å². The first-order valence-corrected chi connectivity index (χ1v) is 6.58. The van der Waals surface area contributed by atoms with E-state index in [1.54, 1.807) is 0 Å². The molecule has 0 heterocycles. The van der Waals surface area contributed by atoms with Crippen LogP contribution in [0.3, 0.4) is 0 Å². The summed E-state index contributed by atoms with van der Waals surface area (Å²) in [6.07, 6.45) is 1.86. The van der Waals surface area contributed by atoms with E-state index < -0.39 is 0 Å². The Morgan fingerprint density at radius 1 is 1.32 bits per heavy atom. The third kappa shape index (κ3) is 8.31. The van der Waals surface area contributed by atoms with E-state index in [1.165, 1.54) is 0 Å². The van der Waals surface area contributed by atoms with E-state index >= 15 is 0 Å². The Morgan fingerprint density at radius 2 is 1.95 bits per heavy atom. The van der Waals surface area contributed by atoms with Crippen LogP contribution in [0.1, 0.15) is 32.8 Å². The third-order valence-electron chi connectivity index (χ3n) is 2.35. The lowest BCUT2D eigenvalue weighted by atomic mass is 10.1. The summed E-state index contributed by atoms with van der Waals surface area (Å²) in [5.74, 6) is 0.502. The molecule has 0 saturated heterocycles. The number of nitrogens with zero attached hydrogens (tertiary/aromatic N) is 1. The van der Waals surface area contributed by atoms with Crippen molar-refractivity contribution in [2.45, 2.75) is 39.2 Å². The molecule has 0 unspecified atom stereocenters. The predicted molar refractivity (Wildman–Crippen MR) is 94.6 cm³/mol. The molecule has 0 bridgehead atoms. The molecule has 0 saturated carbocycles. The highest BCUT2D eigenvalue weighted by Gasteiger charge is 2.09. The van der Waals surface area contributed by atoms with E-state index in [9.17, 15) is 0 Å². The molecule has 0 spiro atoms. The second-order valence-corrected chi connectivity index (χ2v) is 5.74. The zero-order valence-electron chi connectivity index (χ0n) is 11.7. The summed E-state index contributed by atoms with van der Waals surface area (Å²) in [5, 5.41) is 3.95. The molecule has 0 aliphatic carbocycles. The molecular weight excluding hydrogens is 373 g/mol. The first-order chi connectivity index (χ1) is 8.38. The first kappa shape index (κ1) is 18.5. The van der Waals surface area contributed by atoms with Gasteiger partial charge in [0.05, 0.1) is 0 Å². The van der Waals surface area contributed by atoms with Crippen LogP contribution >= 0.6 is 35.6 Å². The SMILES string of the molecule is CC(C)(C)NC(N)=NCCCc1ccccc1Cl.I. The standard InChI is InChI=1S/C14H22ClN3.HI/c1-14(2,3)18-13(16)17-10-6-8-11-7-4-5-9-12(11)15;/h4-5,7,9H,6,8,10H2,1-3H3,(H3,16,17,18);1H. The van der Waals surface area contributed by atoms with Crippen LogP contribution in [0.15, 0.2) is 29.3 Å². The summed E-state index contributed by atoms with van der Waals surface area (Å²) >= 11 is 6.08. The van der Waals surface area contributed by atoms with Crippen molar-refractivity contribution < 1.29 is 0 Å². The smallest absolute Gasteiger partial charge is 0.188 e. The highest BCUT2D eigenvalue weighted by atomic mass is 127. The molecule has 3 N–H and O–H groups in total. The molecule has 19 heavy (non-hydrogen) atoms. The fourth-order valence-corrected chi connectivity index (χ4v) is 1.82. The molecule has 0 amide bonds. The fourth-order valence-electron chi connectivity index (χ4n) is 1.59. The minimum absolute atomic E-state index is 0. The third-order valence-corrected chi connectivity index (χ3v) is 2.72. The van der Waals surface area contributed by atoms with Gasteiger partial charge >= 0.3 is 0 Å². The van der Waals surface area contributed by atoms with Crippen LogP contribution in [0.2, 0.25) is 5.02 Å². The molecule has 5 heteroatoms. The molecule has 108 valence electrons. The maximum Gasteiger partial charge on any atom is 0.188 e. The first-order valence-electron chi connectivity index (χ1n) is 6.20. The van der Waals surface area contributed by atoms with Gasteiger partial charge in [-0.3, -0.25) is 4.99 Å². The molecule has 1 rings (SSSR count). The highest BCUT2D eigenvalue weighted by molar-refractivity contribution is 14.0. The molecule has 1 aromatic carbocycles. The van der Waals surface area contributed by atoms with E-state index in [4.69, 9.17) is 17.3 Å². The normalized spacial score (nSPS) is 11.9. The van der Waals surface area contributed by atoms with Crippen molar-refractivity contribution in [3.63, 3.8) is 0 Å². The van der Waals surface area contributed by atoms with Crippen LogP contribution in [0.4, 0.5) is 0 Å². The lowest BCUT2D eigenvalue weighted by molar-refractivity contribution is 0.508. The molecule has 0 aliphatic heterocycles. The van der Waals surface area contributed by atoms with Crippen LogP contribution in [0, 0.1) is 0 Å². The minimum Gasteiger partial charge on any atom is -0.370 e. The predicted octanol–water partition coefficient (Wildman–Crippen LogP) is 3.59. The number of hydrogen-bond donors (Lipinski definition) is 2. The average Bonchev–Trinajstić information content (AvgIpc) is 2.24. The van der Waals surface area contributed by atoms with Crippen LogP contribution in [-0.2, 0) is 6.42 Å². The number of benzene rings is 1. The summed E-state index contributed by atoms with van der Waals surface area (Å²) in [4.78, 5) is 4.29. The van der Waals surface area contributed by atoms with Crippen molar-refractivity contribution in [1.82, 2.24) is 5.32 Å². The van der Waals surface area contributed by atoms with Gasteiger partial charge in [-0.2, -0.15) is 0 Å². The average molecular weight is 396 g/mol. The number of halogens is 2. The second kappa shape index (κ2) is 8.64. The Kier molecular flexibility index (Phi) is 8.41. The summed E-state index contributed by atoms with van der Waals surface area (Å²) < 4.78 is 0. The second-order valence-electron chi connectivity index (χ2n) is 5.34. The zero-order chi connectivity index (χ0) is 13.6. The zero-order valence-corrected chi connectivity index (χ0v) is 14.8. The molecule has 0 aliphatic rings. The number of aryl methyl sites for hydroxylation is 1. The molecule has 0 radical (unpaired) electrons. The molecular formula is C14H23ClIN3. The van der Waals surface area contributed by atoms with Crippen LogP contribution in [0.25, 0.3) is 0 Å². The monoisotopic (exact) mass is 395 g/mol. The van der Waals surface area contributed by atoms with E-state index in [1.807, 2.05) is 24.3 Å². The van der Waals surface area contributed by atoms with Gasteiger partial charge in [-0.05, 0) is 45.2 Å². The fraction of sp³-hybridized carbons (Fsp3) is 0.500. The molecule has 0 aromatic heterocycles. The van der Waals surface area contributed by atoms with Crippen molar-refractivity contribution in [3.05, 3.63) is 34.9 Å². The summed E-state index contributed by atoms with van der Waals surface area (Å²) in [5.41, 5.74) is 6.90. The van der Waals surface area contributed by atoms with Gasteiger partial charge in [0.15, 0.2) is 5.96 Å². The summed E-state index contributed by atoms with van der Waals surface area (Å²) in [6, 6.07) is 7.90. The highest BCUT2D eigenvalue weighted by Crippen LogP contribution is 2.16. The van der Waals surface area contributed by atoms with Crippen molar-refractivity contribution in [2.24, 2.45) is 10.7 Å². The van der Waals surface area contributed by atoms with Crippen molar-refractivity contribution in [2.75, 3.05) is 6.54 Å². The lowest BCUT2D eigenvalue weighted by Gasteiger charge is -2.20. The van der Waals surface area contributed by atoms with Crippen molar-refractivity contribution >= 4 is 41.5 Å². The Balaban J connectivity index is 0.00000324. The topological polar surface area (TPSA) is 50.4 Å². The Hall–Kier alpha value is -0.490. The number of nitrogens with two attached hydrogens (primary N) is 1. The van der Waals surface area contributed by atoms with Crippen LogP contribution in [0.5, 0.6) is 0 Å². The van der Waals surface area contributed by atoms with Gasteiger partial charge in [0, 0.05) is 17.1 Å². The largest absolute Gasteiger partial charge is 0.370 e. The molecule has 0 fully saturated rings. The van der Waals surface area contributed by atoms with Gasteiger partial charge in [-0.15, -0.1) is 24.0 Å². The number of aliphatic imine (C=N–C) groups is 1. The summed E-state index contributed by atoms with van der Waals surface area (Å²) in [7, 11) is 0.